The van der Waals surface area contributed by atoms with E-state index in [0.717, 1.165) is 5.56 Å². The number of amides is 4. The van der Waals surface area contributed by atoms with Gasteiger partial charge in [0.25, 0.3) is 0 Å². The number of carbonyl (C=O) groups is 5. The highest BCUT2D eigenvalue weighted by atomic mass is 16.6. The molecule has 2 atom stereocenters. The molecule has 0 aromatic heterocycles. The molecule has 12 heteroatoms. The molecule has 2 aromatic rings. The Morgan fingerprint density at radius 3 is 2.12 bits per heavy atom. The molecule has 0 radical (unpaired) electrons. The van der Waals surface area contributed by atoms with E-state index in [9.17, 15) is 24.0 Å². The van der Waals surface area contributed by atoms with Crippen LogP contribution in [-0.2, 0) is 41.7 Å². The van der Waals surface area contributed by atoms with Crippen LogP contribution < -0.4 is 26.4 Å². The van der Waals surface area contributed by atoms with Crippen LogP contribution in [0, 0.1) is 0 Å². The average Bonchev–Trinajstić information content (AvgIpc) is 2.92. The zero-order valence-corrected chi connectivity index (χ0v) is 24.4. The number of alkyl carbamates (subject to hydrolysis) is 1. The van der Waals surface area contributed by atoms with E-state index < -0.39 is 54.0 Å². The topological polar surface area (TPSA) is 175 Å². The van der Waals surface area contributed by atoms with Crippen molar-refractivity contribution in [2.75, 3.05) is 13.2 Å². The molecule has 2 rings (SSSR count). The fourth-order valence-corrected chi connectivity index (χ4v) is 3.68. The van der Waals surface area contributed by atoms with Crippen molar-refractivity contribution in [1.29, 1.82) is 0 Å². The first kappa shape index (κ1) is 33.6. The average molecular weight is 585 g/mol. The molecule has 0 aliphatic heterocycles. The number of nitrogens with two attached hydrogens (primary N) is 1. The zero-order chi connectivity index (χ0) is 31.1. The molecule has 0 aliphatic rings. The number of nitrogens with one attached hydrogen (secondary N) is 3. The van der Waals surface area contributed by atoms with Gasteiger partial charge in [-0.15, -0.1) is 0 Å². The summed E-state index contributed by atoms with van der Waals surface area (Å²) in [4.78, 5) is 61.8. The van der Waals surface area contributed by atoms with Gasteiger partial charge in [-0.25, -0.2) is 4.79 Å². The minimum atomic E-state index is -1.21. The van der Waals surface area contributed by atoms with Gasteiger partial charge in [-0.1, -0.05) is 42.5 Å². The second-order valence-corrected chi connectivity index (χ2v) is 10.4. The van der Waals surface area contributed by atoms with Crippen LogP contribution in [-0.4, -0.2) is 60.6 Å². The SMILES string of the molecule is CCOC(=O)CNC(=O)[C@@H](CCC(N)=O)NC(=O)[C@H](Cc1ccc(OCc2ccccc2)cc1)NC(=O)OC(C)(C)C. The number of benzene rings is 2. The van der Waals surface area contributed by atoms with Crippen LogP contribution in [0.2, 0.25) is 0 Å². The predicted molar refractivity (Wildman–Crippen MR) is 154 cm³/mol. The van der Waals surface area contributed by atoms with E-state index in [4.69, 9.17) is 19.9 Å². The smallest absolute Gasteiger partial charge is 0.408 e. The largest absolute Gasteiger partial charge is 0.489 e. The predicted octanol–water partition coefficient (Wildman–Crippen LogP) is 2.13. The Hall–Kier alpha value is -4.61. The standard InChI is InChI=1S/C30H40N4O8/c1-5-40-26(36)18-32-27(37)23(15-16-25(31)35)33-28(38)24(34-29(39)42-30(2,3)4)17-20-11-13-22(14-12-20)41-19-21-9-7-6-8-10-21/h6-14,23-24H,5,15-19H2,1-4H3,(H2,31,35)(H,32,37)(H,33,38)(H,34,39)/t23-,24+/m1/s1. The molecular formula is C30H40N4O8. The Bertz CT molecular complexity index is 1200. The summed E-state index contributed by atoms with van der Waals surface area (Å²) in [5.74, 6) is -2.13. The van der Waals surface area contributed by atoms with E-state index in [2.05, 4.69) is 16.0 Å². The number of hydrogen-bond acceptors (Lipinski definition) is 8. The summed E-state index contributed by atoms with van der Waals surface area (Å²) in [5.41, 5.74) is 6.13. The number of hydrogen-bond donors (Lipinski definition) is 4. The van der Waals surface area contributed by atoms with Crippen LogP contribution in [0.4, 0.5) is 4.79 Å². The summed E-state index contributed by atoms with van der Waals surface area (Å²) < 4.78 is 15.9. The highest BCUT2D eigenvalue weighted by Crippen LogP contribution is 2.16. The van der Waals surface area contributed by atoms with E-state index in [1.54, 1.807) is 52.0 Å². The first-order valence-electron chi connectivity index (χ1n) is 13.6. The molecule has 0 spiro atoms. The van der Waals surface area contributed by atoms with Crippen molar-refractivity contribution in [3.8, 4) is 5.75 Å². The number of esters is 1. The monoisotopic (exact) mass is 584 g/mol. The van der Waals surface area contributed by atoms with Crippen molar-refractivity contribution in [3.05, 3.63) is 65.7 Å². The minimum Gasteiger partial charge on any atom is -0.489 e. The fourth-order valence-electron chi connectivity index (χ4n) is 3.68. The van der Waals surface area contributed by atoms with Gasteiger partial charge >= 0.3 is 12.1 Å². The van der Waals surface area contributed by atoms with Crippen LogP contribution in [0.15, 0.2) is 54.6 Å². The summed E-state index contributed by atoms with van der Waals surface area (Å²) in [5, 5.41) is 7.50. The fraction of sp³-hybridized carbons (Fsp3) is 0.433. The molecule has 228 valence electrons. The van der Waals surface area contributed by atoms with E-state index in [0.29, 0.717) is 17.9 Å². The maximum Gasteiger partial charge on any atom is 0.408 e. The lowest BCUT2D eigenvalue weighted by Gasteiger charge is -2.25. The minimum absolute atomic E-state index is 0.0526. The maximum atomic E-state index is 13.4. The van der Waals surface area contributed by atoms with Crippen molar-refractivity contribution < 1.29 is 38.2 Å². The van der Waals surface area contributed by atoms with Crippen LogP contribution in [0.25, 0.3) is 0 Å². The third-order valence-electron chi connectivity index (χ3n) is 5.64. The van der Waals surface area contributed by atoms with E-state index >= 15 is 0 Å². The molecule has 42 heavy (non-hydrogen) atoms. The summed E-state index contributed by atoms with van der Waals surface area (Å²) in [6, 6.07) is 14.3. The van der Waals surface area contributed by atoms with Crippen molar-refractivity contribution in [1.82, 2.24) is 16.0 Å². The number of ether oxygens (including phenoxy) is 3. The highest BCUT2D eigenvalue weighted by Gasteiger charge is 2.29. The Kier molecular flexibility index (Phi) is 13.3. The highest BCUT2D eigenvalue weighted by molar-refractivity contribution is 5.92. The maximum absolute atomic E-state index is 13.4. The van der Waals surface area contributed by atoms with Crippen LogP contribution >= 0.6 is 0 Å². The Morgan fingerprint density at radius 2 is 1.52 bits per heavy atom. The van der Waals surface area contributed by atoms with Gasteiger partial charge in [0, 0.05) is 12.8 Å². The summed E-state index contributed by atoms with van der Waals surface area (Å²) in [6.45, 7) is 6.77. The molecule has 4 amide bonds. The van der Waals surface area contributed by atoms with Gasteiger partial charge in [-0.2, -0.15) is 0 Å². The summed E-state index contributed by atoms with van der Waals surface area (Å²) in [7, 11) is 0. The van der Waals surface area contributed by atoms with Crippen molar-refractivity contribution >= 4 is 29.8 Å². The second-order valence-electron chi connectivity index (χ2n) is 10.4. The quantitative estimate of drug-likeness (QED) is 0.230. The number of primary amides is 1. The molecule has 2 aromatic carbocycles. The van der Waals surface area contributed by atoms with E-state index in [1.165, 1.54) is 0 Å². The molecule has 12 nitrogen and oxygen atoms in total. The van der Waals surface area contributed by atoms with Gasteiger partial charge in [0.2, 0.25) is 17.7 Å². The number of carbonyl (C=O) groups excluding carboxylic acids is 5. The zero-order valence-electron chi connectivity index (χ0n) is 24.4. The summed E-state index contributed by atoms with van der Waals surface area (Å²) in [6.07, 6.45) is -1.10. The molecule has 0 bridgehead atoms. The Balaban J connectivity index is 2.16. The molecule has 0 saturated carbocycles. The van der Waals surface area contributed by atoms with Crippen molar-refractivity contribution in [2.45, 2.75) is 71.2 Å². The molecule has 0 unspecified atom stereocenters. The van der Waals surface area contributed by atoms with Crippen LogP contribution in [0.5, 0.6) is 5.75 Å². The second kappa shape index (κ2) is 16.6. The third-order valence-corrected chi connectivity index (χ3v) is 5.64. The molecular weight excluding hydrogens is 544 g/mol. The normalized spacial score (nSPS) is 12.3. The van der Waals surface area contributed by atoms with Crippen molar-refractivity contribution in [2.24, 2.45) is 5.73 Å². The van der Waals surface area contributed by atoms with E-state index in [-0.39, 0.29) is 25.9 Å². The lowest BCUT2D eigenvalue weighted by molar-refractivity contribution is -0.143. The number of rotatable bonds is 15. The molecule has 0 aliphatic carbocycles. The van der Waals surface area contributed by atoms with Gasteiger partial charge in [-0.3, -0.25) is 19.2 Å². The lowest BCUT2D eigenvalue weighted by atomic mass is 10.0. The van der Waals surface area contributed by atoms with Gasteiger partial charge < -0.3 is 35.9 Å². The van der Waals surface area contributed by atoms with Crippen LogP contribution in [0.1, 0.15) is 51.7 Å². The van der Waals surface area contributed by atoms with Gasteiger partial charge in [0.05, 0.1) is 6.61 Å². The van der Waals surface area contributed by atoms with Gasteiger partial charge in [0.15, 0.2) is 0 Å². The first-order chi connectivity index (χ1) is 19.9. The molecule has 0 saturated heterocycles. The van der Waals surface area contributed by atoms with Crippen LogP contribution in [0.3, 0.4) is 0 Å². The molecule has 0 heterocycles. The Labute approximate surface area is 245 Å². The molecule has 0 fully saturated rings. The van der Waals surface area contributed by atoms with E-state index in [1.807, 2.05) is 30.3 Å². The molecule has 5 N–H and O–H groups in total. The first-order valence-corrected chi connectivity index (χ1v) is 13.6. The lowest BCUT2D eigenvalue weighted by Crippen LogP contribution is -2.55. The van der Waals surface area contributed by atoms with Gasteiger partial charge in [-0.05, 0) is 57.4 Å². The summed E-state index contributed by atoms with van der Waals surface area (Å²) >= 11 is 0. The third kappa shape index (κ3) is 13.2. The van der Waals surface area contributed by atoms with Gasteiger partial charge in [0.1, 0.15) is 36.6 Å². The van der Waals surface area contributed by atoms with Crippen molar-refractivity contribution in [3.63, 3.8) is 0 Å². The Morgan fingerprint density at radius 1 is 0.857 bits per heavy atom.